The average Bonchev–Trinajstić information content (AvgIpc) is 3.77. The number of carbonyl (C=O) groups excluding carboxylic acids is 2. The molecule has 3 aromatic rings. The van der Waals surface area contributed by atoms with E-state index < -0.39 is 0 Å². The minimum atomic E-state index is -0.385. The van der Waals surface area contributed by atoms with E-state index in [4.69, 9.17) is 32.9 Å². The fourth-order valence-electron chi connectivity index (χ4n) is 7.17. The number of urea groups is 1. The molecule has 0 saturated carbocycles. The summed E-state index contributed by atoms with van der Waals surface area (Å²) < 4.78 is 7.31. The number of carbonyl (C=O) groups is 2. The van der Waals surface area contributed by atoms with Crippen molar-refractivity contribution in [3.63, 3.8) is 0 Å². The zero-order valence-corrected chi connectivity index (χ0v) is 30.4. The van der Waals surface area contributed by atoms with E-state index >= 15 is 0 Å². The maximum Gasteiger partial charge on any atom is 0.317 e. The van der Waals surface area contributed by atoms with Gasteiger partial charge in [0.25, 0.3) is 5.56 Å². The minimum absolute atomic E-state index is 0.0300. The standard InChI is InChI=1S/C38H42Cl2N8O4/c1-52-36-24(19-42-22-26-9-11-33(49)45-26)8-10-31(46-36)30-7-3-6-29(35(30)40)28-5-2-4-27(34(28)39)23-12-15-48-32(18-23)44-21-25(37(48)50)20-41-13-16-47-17-14-43-38(47)51/h2-4,6-8,10,12,15,18,21,24,26,28,36,41-42H,5,9,11,13-14,16-17,19-20,22H2,1H3,(H,43,51)(H,45,49)/t24?,26-,28?,36?/m0/s1. The predicted octanol–water partition coefficient (Wildman–Crippen LogP) is 3.97. The first kappa shape index (κ1) is 36.0. The van der Waals surface area contributed by atoms with Gasteiger partial charge in [-0.25, -0.2) is 9.78 Å². The Balaban J connectivity index is 1.05. The molecule has 4 aliphatic rings. The molecular weight excluding hydrogens is 703 g/mol. The van der Waals surface area contributed by atoms with Crippen molar-refractivity contribution in [3.05, 3.63) is 110 Å². The summed E-state index contributed by atoms with van der Waals surface area (Å²) in [5.41, 5.74) is 5.03. The third-order valence-corrected chi connectivity index (χ3v) is 10.9. The molecule has 5 heterocycles. The van der Waals surface area contributed by atoms with Gasteiger partial charge in [-0.05, 0) is 47.8 Å². The molecule has 2 saturated heterocycles. The van der Waals surface area contributed by atoms with Crippen LogP contribution in [0.2, 0.25) is 5.02 Å². The van der Waals surface area contributed by atoms with E-state index in [0.29, 0.717) is 79.9 Å². The van der Waals surface area contributed by atoms with E-state index in [1.165, 1.54) is 4.40 Å². The molecule has 14 heteroatoms. The Morgan fingerprint density at radius 2 is 1.98 bits per heavy atom. The number of ether oxygens (including phenoxy) is 1. The summed E-state index contributed by atoms with van der Waals surface area (Å²) in [5.74, 6) is -0.0433. The smallest absolute Gasteiger partial charge is 0.317 e. The maximum absolute atomic E-state index is 13.3. The second-order valence-electron chi connectivity index (χ2n) is 13.4. The molecule has 2 aromatic heterocycles. The van der Waals surface area contributed by atoms with Gasteiger partial charge in [0, 0.05) is 106 Å². The number of methoxy groups -OCH3 is 1. The normalized spacial score (nSPS) is 23.1. The largest absolute Gasteiger partial charge is 0.359 e. The monoisotopic (exact) mass is 744 g/mol. The average molecular weight is 746 g/mol. The van der Waals surface area contributed by atoms with Crippen LogP contribution in [0.3, 0.4) is 0 Å². The molecule has 7 rings (SSSR count). The van der Waals surface area contributed by atoms with Crippen molar-refractivity contribution in [2.24, 2.45) is 10.9 Å². The second kappa shape index (κ2) is 16.1. The number of hydrogen-bond donors (Lipinski definition) is 4. The summed E-state index contributed by atoms with van der Waals surface area (Å²) >= 11 is 14.3. The molecule has 1 aromatic carbocycles. The zero-order chi connectivity index (χ0) is 36.2. The van der Waals surface area contributed by atoms with Crippen LogP contribution in [0.1, 0.15) is 47.4 Å². The highest BCUT2D eigenvalue weighted by Gasteiger charge is 2.28. The quantitative estimate of drug-likeness (QED) is 0.194. The molecule has 4 N–H and O–H groups in total. The summed E-state index contributed by atoms with van der Waals surface area (Å²) in [7, 11) is 1.66. The first-order valence-corrected chi connectivity index (χ1v) is 18.4. The number of nitrogens with zero attached hydrogens (tertiary/aromatic N) is 4. The predicted molar refractivity (Wildman–Crippen MR) is 203 cm³/mol. The molecule has 2 fully saturated rings. The van der Waals surface area contributed by atoms with Gasteiger partial charge >= 0.3 is 6.03 Å². The number of hydrogen-bond acceptors (Lipinski definition) is 8. The van der Waals surface area contributed by atoms with Crippen LogP contribution in [-0.4, -0.2) is 90.6 Å². The van der Waals surface area contributed by atoms with Crippen LogP contribution in [0.5, 0.6) is 0 Å². The lowest BCUT2D eigenvalue weighted by molar-refractivity contribution is -0.119. The Bertz CT molecular complexity index is 2040. The highest BCUT2D eigenvalue weighted by Crippen LogP contribution is 2.43. The molecule has 3 aliphatic heterocycles. The van der Waals surface area contributed by atoms with E-state index in [0.717, 1.165) is 34.4 Å². The van der Waals surface area contributed by atoms with Crippen LogP contribution < -0.4 is 26.8 Å². The molecule has 3 unspecified atom stereocenters. The molecule has 12 nitrogen and oxygen atoms in total. The van der Waals surface area contributed by atoms with Gasteiger partial charge in [0.2, 0.25) is 5.91 Å². The molecule has 0 bridgehead atoms. The number of aromatic nitrogens is 2. The topological polar surface area (TPSA) is 141 Å². The number of halogens is 2. The van der Waals surface area contributed by atoms with Crippen molar-refractivity contribution in [2.75, 3.05) is 46.4 Å². The summed E-state index contributed by atoms with van der Waals surface area (Å²) in [5, 5.41) is 13.7. The number of dihydropyridines is 1. The van der Waals surface area contributed by atoms with Crippen LogP contribution in [-0.2, 0) is 16.1 Å². The van der Waals surface area contributed by atoms with E-state index in [1.807, 2.05) is 42.5 Å². The Morgan fingerprint density at radius 3 is 2.77 bits per heavy atom. The van der Waals surface area contributed by atoms with Crippen LogP contribution in [0.4, 0.5) is 4.79 Å². The SMILES string of the molecule is COC1N=C(c2cccc(C3CC=CC(c4ccn5c(=O)c(CNCCN6CCNC6=O)cnc5c4)=C3Cl)c2Cl)C=CC1CNC[C@@H]1CCC(=O)N1. The highest BCUT2D eigenvalue weighted by atomic mass is 35.5. The number of aliphatic imine (C=N–C) groups is 1. The van der Waals surface area contributed by atoms with Crippen LogP contribution in [0.15, 0.2) is 81.8 Å². The van der Waals surface area contributed by atoms with Gasteiger partial charge in [0.15, 0.2) is 6.23 Å². The van der Waals surface area contributed by atoms with Crippen molar-refractivity contribution in [2.45, 2.75) is 44.0 Å². The Hall–Kier alpha value is -4.33. The van der Waals surface area contributed by atoms with Crippen LogP contribution >= 0.6 is 23.2 Å². The maximum atomic E-state index is 13.3. The lowest BCUT2D eigenvalue weighted by atomic mass is 9.86. The number of amides is 3. The molecule has 0 radical (unpaired) electrons. The van der Waals surface area contributed by atoms with Crippen molar-refractivity contribution in [1.82, 2.24) is 35.6 Å². The van der Waals surface area contributed by atoms with E-state index in [-0.39, 0.29) is 41.6 Å². The minimum Gasteiger partial charge on any atom is -0.359 e. The van der Waals surface area contributed by atoms with Gasteiger partial charge < -0.3 is 30.9 Å². The van der Waals surface area contributed by atoms with Gasteiger partial charge in [-0.15, -0.1) is 0 Å². The van der Waals surface area contributed by atoms with Crippen molar-refractivity contribution >= 4 is 52.1 Å². The summed E-state index contributed by atoms with van der Waals surface area (Å²) in [6, 6.07) is 9.78. The molecule has 52 heavy (non-hydrogen) atoms. The molecule has 1 aliphatic carbocycles. The van der Waals surface area contributed by atoms with Gasteiger partial charge in [0.05, 0.1) is 10.7 Å². The number of nitrogens with one attached hydrogen (secondary N) is 4. The lowest BCUT2D eigenvalue weighted by Crippen LogP contribution is -2.40. The summed E-state index contributed by atoms with van der Waals surface area (Å²) in [4.78, 5) is 47.8. The summed E-state index contributed by atoms with van der Waals surface area (Å²) in [6.45, 7) is 4.21. The second-order valence-corrected chi connectivity index (χ2v) is 14.2. The van der Waals surface area contributed by atoms with Crippen LogP contribution in [0.25, 0.3) is 11.2 Å². The Kier molecular flexibility index (Phi) is 11.2. The molecule has 272 valence electrons. The van der Waals surface area contributed by atoms with Crippen molar-refractivity contribution in [3.8, 4) is 0 Å². The first-order chi connectivity index (χ1) is 25.3. The van der Waals surface area contributed by atoms with Crippen molar-refractivity contribution < 1.29 is 14.3 Å². The molecule has 4 atom stereocenters. The van der Waals surface area contributed by atoms with Crippen LogP contribution in [0, 0.1) is 5.92 Å². The number of allylic oxidation sites excluding steroid dienone is 5. The molecule has 0 spiro atoms. The first-order valence-electron chi connectivity index (χ1n) is 17.7. The molecule has 3 amide bonds. The number of pyridine rings is 1. The fraction of sp³-hybridized carbons (Fsp3) is 0.395. The fourth-order valence-corrected chi connectivity index (χ4v) is 7.90. The number of fused-ring (bicyclic) bond motifs is 1. The highest BCUT2D eigenvalue weighted by molar-refractivity contribution is 6.37. The van der Waals surface area contributed by atoms with Gasteiger partial charge in [-0.3, -0.25) is 19.0 Å². The van der Waals surface area contributed by atoms with E-state index in [2.05, 4.69) is 38.4 Å². The van der Waals surface area contributed by atoms with Crippen molar-refractivity contribution in [1.29, 1.82) is 0 Å². The van der Waals surface area contributed by atoms with Gasteiger partial charge in [0.1, 0.15) is 5.65 Å². The Labute approximate surface area is 312 Å². The van der Waals surface area contributed by atoms with E-state index in [9.17, 15) is 14.4 Å². The van der Waals surface area contributed by atoms with E-state index in [1.54, 1.807) is 24.4 Å². The number of rotatable bonds is 13. The zero-order valence-electron chi connectivity index (χ0n) is 28.9. The molecular formula is C38H42Cl2N8O4. The third kappa shape index (κ3) is 7.72. The van der Waals surface area contributed by atoms with Gasteiger partial charge in [-0.1, -0.05) is 59.6 Å². The third-order valence-electron chi connectivity index (χ3n) is 10.0. The summed E-state index contributed by atoms with van der Waals surface area (Å²) in [6.07, 6.45) is 13.2. The lowest BCUT2D eigenvalue weighted by Gasteiger charge is -2.27. The van der Waals surface area contributed by atoms with Gasteiger partial charge in [-0.2, -0.15) is 0 Å². The number of benzene rings is 1. The Morgan fingerprint density at radius 1 is 1.10 bits per heavy atom.